The lowest BCUT2D eigenvalue weighted by molar-refractivity contribution is -0.123. The van der Waals surface area contributed by atoms with Crippen molar-refractivity contribution in [1.29, 1.82) is 0 Å². The summed E-state index contributed by atoms with van der Waals surface area (Å²) in [5.41, 5.74) is 0.764. The van der Waals surface area contributed by atoms with Crippen LogP contribution in [-0.4, -0.2) is 25.1 Å². The van der Waals surface area contributed by atoms with E-state index in [4.69, 9.17) is 21.1 Å². The Morgan fingerprint density at radius 2 is 1.83 bits per heavy atom. The fraction of sp³-hybridized carbons (Fsp3) is 0.176. The molecule has 0 fully saturated rings. The Labute approximate surface area is 153 Å². The third kappa shape index (κ3) is 4.72. The summed E-state index contributed by atoms with van der Waals surface area (Å²) in [6, 6.07) is 11.6. The molecule has 1 amide bonds. The topological polar surface area (TPSA) is 64.6 Å². The van der Waals surface area contributed by atoms with Crippen LogP contribution >= 0.6 is 27.5 Å². The van der Waals surface area contributed by atoms with Gasteiger partial charge in [0, 0.05) is 15.2 Å². The van der Waals surface area contributed by atoms with E-state index in [0.29, 0.717) is 16.5 Å². The summed E-state index contributed by atoms with van der Waals surface area (Å²) in [5, 5.41) is 3.04. The average molecular weight is 413 g/mol. The van der Waals surface area contributed by atoms with Crippen LogP contribution in [-0.2, 0) is 9.53 Å². The van der Waals surface area contributed by atoms with E-state index >= 15 is 0 Å². The number of esters is 1. The van der Waals surface area contributed by atoms with Crippen LogP contribution in [0.5, 0.6) is 5.75 Å². The second-order valence-corrected chi connectivity index (χ2v) is 6.24. The predicted molar refractivity (Wildman–Crippen MR) is 95.7 cm³/mol. The lowest BCUT2D eigenvalue weighted by Crippen LogP contribution is -2.30. The summed E-state index contributed by atoms with van der Waals surface area (Å²) in [6.07, 6.45) is -0.982. The molecule has 1 N–H and O–H groups in total. The molecule has 2 aromatic carbocycles. The molecule has 24 heavy (non-hydrogen) atoms. The number of benzene rings is 2. The minimum absolute atomic E-state index is 0.160. The molecule has 0 bridgehead atoms. The van der Waals surface area contributed by atoms with Crippen molar-refractivity contribution >= 4 is 45.1 Å². The van der Waals surface area contributed by atoms with Gasteiger partial charge in [-0.2, -0.15) is 0 Å². The first kappa shape index (κ1) is 18.3. The molecule has 0 radical (unpaired) electrons. The maximum absolute atomic E-state index is 12.2. The monoisotopic (exact) mass is 411 g/mol. The molecule has 0 spiro atoms. The molecular formula is C17H15BrClNO4. The van der Waals surface area contributed by atoms with E-state index in [0.717, 1.165) is 4.47 Å². The molecule has 0 aliphatic heterocycles. The quantitative estimate of drug-likeness (QED) is 0.744. The van der Waals surface area contributed by atoms with Gasteiger partial charge >= 0.3 is 5.97 Å². The first-order chi connectivity index (χ1) is 11.4. The number of amides is 1. The van der Waals surface area contributed by atoms with Crippen LogP contribution in [0.4, 0.5) is 5.69 Å². The van der Waals surface area contributed by atoms with Gasteiger partial charge in [-0.05, 0) is 49.4 Å². The number of nitrogens with one attached hydrogen (secondary N) is 1. The fourth-order valence-electron chi connectivity index (χ4n) is 1.89. The number of ether oxygens (including phenoxy) is 2. The minimum Gasteiger partial charge on any atom is -0.496 e. The maximum Gasteiger partial charge on any atom is 0.342 e. The van der Waals surface area contributed by atoms with Gasteiger partial charge in [0.2, 0.25) is 0 Å². The second kappa shape index (κ2) is 8.17. The minimum atomic E-state index is -0.982. The van der Waals surface area contributed by atoms with E-state index in [2.05, 4.69) is 21.2 Å². The molecule has 0 aromatic heterocycles. The van der Waals surface area contributed by atoms with Gasteiger partial charge in [-0.25, -0.2) is 4.79 Å². The van der Waals surface area contributed by atoms with Crippen LogP contribution in [0, 0.1) is 0 Å². The number of halogens is 2. The van der Waals surface area contributed by atoms with E-state index in [1.54, 1.807) is 36.4 Å². The van der Waals surface area contributed by atoms with Crippen molar-refractivity contribution in [1.82, 2.24) is 0 Å². The summed E-state index contributed by atoms with van der Waals surface area (Å²) < 4.78 is 11.2. The van der Waals surface area contributed by atoms with Gasteiger partial charge in [-0.1, -0.05) is 27.5 Å². The molecule has 2 rings (SSSR count). The molecule has 5 nitrogen and oxygen atoms in total. The standard InChI is InChI=1S/C17H15BrClNO4/c1-10(16(21)20-13-6-3-11(18)4-7-13)24-17(22)14-9-12(19)5-8-15(14)23-2/h3-10H,1-2H3,(H,20,21)/t10-/m1/s1. The molecule has 0 aliphatic carbocycles. The molecule has 2 aromatic rings. The van der Waals surface area contributed by atoms with Crippen molar-refractivity contribution in [3.05, 3.63) is 57.5 Å². The third-order valence-corrected chi connectivity index (χ3v) is 3.91. The lowest BCUT2D eigenvalue weighted by atomic mass is 10.2. The Balaban J connectivity index is 2.04. The average Bonchev–Trinajstić information content (AvgIpc) is 2.56. The number of hydrogen-bond donors (Lipinski definition) is 1. The van der Waals surface area contributed by atoms with Crippen molar-refractivity contribution in [2.45, 2.75) is 13.0 Å². The summed E-state index contributed by atoms with van der Waals surface area (Å²) in [5.74, 6) is -0.801. The molecule has 126 valence electrons. The fourth-order valence-corrected chi connectivity index (χ4v) is 2.33. The van der Waals surface area contributed by atoms with Gasteiger partial charge < -0.3 is 14.8 Å². The Morgan fingerprint density at radius 3 is 2.46 bits per heavy atom. The Kier molecular flexibility index (Phi) is 6.23. The highest BCUT2D eigenvalue weighted by Crippen LogP contribution is 2.24. The van der Waals surface area contributed by atoms with Crippen LogP contribution in [0.3, 0.4) is 0 Å². The second-order valence-electron chi connectivity index (χ2n) is 4.89. The van der Waals surface area contributed by atoms with E-state index in [-0.39, 0.29) is 5.56 Å². The van der Waals surface area contributed by atoms with Gasteiger partial charge in [0.25, 0.3) is 5.91 Å². The van der Waals surface area contributed by atoms with Crippen molar-refractivity contribution < 1.29 is 19.1 Å². The van der Waals surface area contributed by atoms with Gasteiger partial charge in [-0.15, -0.1) is 0 Å². The SMILES string of the molecule is COc1ccc(Cl)cc1C(=O)O[C@H](C)C(=O)Nc1ccc(Br)cc1. The number of carbonyl (C=O) groups is 2. The van der Waals surface area contributed by atoms with Crippen LogP contribution in [0.25, 0.3) is 0 Å². The normalized spacial score (nSPS) is 11.5. The van der Waals surface area contributed by atoms with E-state index < -0.39 is 18.0 Å². The zero-order valence-electron chi connectivity index (χ0n) is 13.0. The van der Waals surface area contributed by atoms with E-state index in [1.807, 2.05) is 0 Å². The summed E-state index contributed by atoms with van der Waals surface area (Å²) in [6.45, 7) is 1.49. The molecule has 1 atom stereocenters. The Hall–Kier alpha value is -2.05. The van der Waals surface area contributed by atoms with E-state index in [9.17, 15) is 9.59 Å². The van der Waals surface area contributed by atoms with E-state index in [1.165, 1.54) is 20.1 Å². The molecule has 0 heterocycles. The third-order valence-electron chi connectivity index (χ3n) is 3.15. The maximum atomic E-state index is 12.2. The number of methoxy groups -OCH3 is 1. The van der Waals surface area contributed by atoms with Crippen LogP contribution in [0.2, 0.25) is 5.02 Å². The van der Waals surface area contributed by atoms with Gasteiger partial charge in [-0.3, -0.25) is 4.79 Å². The zero-order valence-corrected chi connectivity index (χ0v) is 15.3. The van der Waals surface area contributed by atoms with Crippen molar-refractivity contribution in [3.8, 4) is 5.75 Å². The summed E-state index contributed by atoms with van der Waals surface area (Å²) >= 11 is 9.20. The highest BCUT2D eigenvalue weighted by Gasteiger charge is 2.21. The number of rotatable bonds is 5. The number of anilines is 1. The molecule has 7 heteroatoms. The molecule has 0 saturated heterocycles. The number of carbonyl (C=O) groups excluding carboxylic acids is 2. The molecule has 0 unspecified atom stereocenters. The lowest BCUT2D eigenvalue weighted by Gasteiger charge is -2.15. The number of hydrogen-bond acceptors (Lipinski definition) is 4. The van der Waals surface area contributed by atoms with Gasteiger partial charge in [0.15, 0.2) is 6.10 Å². The van der Waals surface area contributed by atoms with Gasteiger partial charge in [0.05, 0.1) is 7.11 Å². The summed E-state index contributed by atoms with van der Waals surface area (Å²) in [7, 11) is 1.43. The smallest absolute Gasteiger partial charge is 0.342 e. The first-order valence-corrected chi connectivity index (χ1v) is 8.18. The van der Waals surface area contributed by atoms with Crippen molar-refractivity contribution in [3.63, 3.8) is 0 Å². The first-order valence-electron chi connectivity index (χ1n) is 7.01. The molecule has 0 saturated carbocycles. The highest BCUT2D eigenvalue weighted by molar-refractivity contribution is 9.10. The largest absolute Gasteiger partial charge is 0.496 e. The van der Waals surface area contributed by atoms with Crippen molar-refractivity contribution in [2.75, 3.05) is 12.4 Å². The molecule has 0 aliphatic rings. The highest BCUT2D eigenvalue weighted by atomic mass is 79.9. The van der Waals surface area contributed by atoms with Crippen LogP contribution in [0.15, 0.2) is 46.9 Å². The molecular weight excluding hydrogens is 398 g/mol. The van der Waals surface area contributed by atoms with Crippen LogP contribution < -0.4 is 10.1 Å². The van der Waals surface area contributed by atoms with Gasteiger partial charge in [0.1, 0.15) is 11.3 Å². The van der Waals surface area contributed by atoms with Crippen molar-refractivity contribution in [2.24, 2.45) is 0 Å². The Morgan fingerprint density at radius 1 is 1.17 bits per heavy atom. The predicted octanol–water partition coefficient (Wildman–Crippen LogP) is 4.30. The Bertz CT molecular complexity index is 749. The zero-order chi connectivity index (χ0) is 17.7. The summed E-state index contributed by atoms with van der Waals surface area (Å²) in [4.78, 5) is 24.4. The van der Waals surface area contributed by atoms with Crippen LogP contribution in [0.1, 0.15) is 17.3 Å².